The van der Waals surface area contributed by atoms with E-state index in [2.05, 4.69) is 27.7 Å². The van der Waals surface area contributed by atoms with Crippen molar-refractivity contribution in [2.75, 3.05) is 13.1 Å². The minimum atomic E-state index is -0.510. The molecule has 1 atom stereocenters. The highest BCUT2D eigenvalue weighted by atomic mass is 32.1. The van der Waals surface area contributed by atoms with Crippen LogP contribution < -0.4 is 10.6 Å². The molecule has 0 bridgehead atoms. The number of amides is 1. The number of thiocarbonyl (C=S) groups is 1. The summed E-state index contributed by atoms with van der Waals surface area (Å²) in [6.45, 7) is 2.62. The maximum Gasteiger partial charge on any atom is 0.253 e. The van der Waals surface area contributed by atoms with E-state index in [1.54, 1.807) is 0 Å². The summed E-state index contributed by atoms with van der Waals surface area (Å²) in [7, 11) is 0. The van der Waals surface area contributed by atoms with Gasteiger partial charge < -0.3 is 10.6 Å². The van der Waals surface area contributed by atoms with Gasteiger partial charge in [-0.05, 0) is 37.2 Å². The van der Waals surface area contributed by atoms with Crippen molar-refractivity contribution in [3.63, 3.8) is 0 Å². The number of carbonyl (C=O) groups is 1. The lowest BCUT2D eigenvalue weighted by molar-refractivity contribution is -0.126. The van der Waals surface area contributed by atoms with Gasteiger partial charge in [-0.15, -0.1) is 0 Å². The predicted molar refractivity (Wildman–Crippen MR) is 77.6 cm³/mol. The lowest BCUT2D eigenvalue weighted by Gasteiger charge is -2.38. The highest BCUT2D eigenvalue weighted by Crippen LogP contribution is 2.25. The Morgan fingerprint density at radius 3 is 2.79 bits per heavy atom. The SMILES string of the molecule is O=C1NC(=S)NC12CCCN(Cc1ccccc1)C2. The minimum absolute atomic E-state index is 0.0234. The van der Waals surface area contributed by atoms with Gasteiger partial charge >= 0.3 is 0 Å². The Morgan fingerprint density at radius 2 is 2.11 bits per heavy atom. The van der Waals surface area contributed by atoms with Crippen molar-refractivity contribution < 1.29 is 4.79 Å². The number of piperidine rings is 1. The van der Waals surface area contributed by atoms with E-state index in [1.807, 2.05) is 18.2 Å². The van der Waals surface area contributed by atoms with Crippen LogP contribution in [0.4, 0.5) is 0 Å². The Morgan fingerprint density at radius 1 is 1.32 bits per heavy atom. The third-order valence-corrected chi connectivity index (χ3v) is 4.04. The van der Waals surface area contributed by atoms with Crippen molar-refractivity contribution >= 4 is 23.2 Å². The lowest BCUT2D eigenvalue weighted by atomic mass is 9.89. The van der Waals surface area contributed by atoms with Crippen LogP contribution >= 0.6 is 12.2 Å². The molecule has 100 valence electrons. The summed E-state index contributed by atoms with van der Waals surface area (Å²) in [4.78, 5) is 14.4. The smallest absolute Gasteiger partial charge is 0.253 e. The molecule has 2 aliphatic heterocycles. The van der Waals surface area contributed by atoms with Crippen LogP contribution in [0.15, 0.2) is 30.3 Å². The first-order valence-corrected chi connectivity index (χ1v) is 6.99. The average Bonchev–Trinajstić information content (AvgIpc) is 2.65. The van der Waals surface area contributed by atoms with Crippen LogP contribution in [0, 0.1) is 0 Å². The normalized spacial score (nSPS) is 27.4. The van der Waals surface area contributed by atoms with Crippen molar-refractivity contribution in [1.82, 2.24) is 15.5 Å². The largest absolute Gasteiger partial charge is 0.347 e. The number of hydrogen-bond acceptors (Lipinski definition) is 3. The molecule has 1 aromatic carbocycles. The summed E-state index contributed by atoms with van der Waals surface area (Å²) in [6.07, 6.45) is 1.86. The fraction of sp³-hybridized carbons (Fsp3) is 0.429. The zero-order chi connectivity index (χ0) is 13.3. The van der Waals surface area contributed by atoms with Gasteiger partial charge in [-0.2, -0.15) is 0 Å². The molecule has 2 N–H and O–H groups in total. The first-order valence-electron chi connectivity index (χ1n) is 6.58. The number of nitrogens with one attached hydrogen (secondary N) is 2. The van der Waals surface area contributed by atoms with Crippen molar-refractivity contribution in [2.45, 2.75) is 24.9 Å². The molecule has 4 nitrogen and oxygen atoms in total. The average molecular weight is 275 g/mol. The van der Waals surface area contributed by atoms with Crippen LogP contribution in [0.2, 0.25) is 0 Å². The van der Waals surface area contributed by atoms with Gasteiger partial charge in [-0.3, -0.25) is 9.69 Å². The van der Waals surface area contributed by atoms with Gasteiger partial charge in [0.05, 0.1) is 0 Å². The van der Waals surface area contributed by atoms with E-state index in [-0.39, 0.29) is 5.91 Å². The number of hydrogen-bond donors (Lipinski definition) is 2. The Labute approximate surface area is 118 Å². The fourth-order valence-corrected chi connectivity index (χ4v) is 3.22. The second kappa shape index (κ2) is 4.90. The quantitative estimate of drug-likeness (QED) is 0.791. The minimum Gasteiger partial charge on any atom is -0.347 e. The van der Waals surface area contributed by atoms with Crippen LogP contribution in [-0.2, 0) is 11.3 Å². The highest BCUT2D eigenvalue weighted by molar-refractivity contribution is 7.80. The summed E-state index contributed by atoms with van der Waals surface area (Å²) in [5.41, 5.74) is 0.768. The van der Waals surface area contributed by atoms with Crippen LogP contribution in [0.25, 0.3) is 0 Å². The van der Waals surface area contributed by atoms with Crippen LogP contribution in [0.3, 0.4) is 0 Å². The molecule has 2 saturated heterocycles. The van der Waals surface area contributed by atoms with E-state index in [9.17, 15) is 4.79 Å². The van der Waals surface area contributed by atoms with E-state index in [0.29, 0.717) is 11.7 Å². The maximum atomic E-state index is 12.1. The van der Waals surface area contributed by atoms with Crippen molar-refractivity contribution in [3.8, 4) is 0 Å². The molecule has 19 heavy (non-hydrogen) atoms. The van der Waals surface area contributed by atoms with Gasteiger partial charge in [-0.1, -0.05) is 30.3 Å². The number of rotatable bonds is 2. The molecule has 3 rings (SSSR count). The molecule has 0 aliphatic carbocycles. The Hall–Kier alpha value is -1.46. The molecule has 2 fully saturated rings. The standard InChI is InChI=1S/C14H17N3OS/c18-12-14(16-13(19)15-12)7-4-8-17(10-14)9-11-5-2-1-3-6-11/h1-3,5-6H,4,7-10H2,(H2,15,16,18,19). The van der Waals surface area contributed by atoms with Crippen LogP contribution in [-0.4, -0.2) is 34.5 Å². The molecule has 5 heteroatoms. The van der Waals surface area contributed by atoms with Crippen molar-refractivity contribution in [1.29, 1.82) is 0 Å². The first-order chi connectivity index (χ1) is 9.18. The monoisotopic (exact) mass is 275 g/mol. The summed E-state index contributed by atoms with van der Waals surface area (Å²) >= 11 is 5.06. The first kappa shape index (κ1) is 12.6. The van der Waals surface area contributed by atoms with Crippen molar-refractivity contribution in [2.24, 2.45) is 0 Å². The molecule has 0 radical (unpaired) electrons. The van der Waals surface area contributed by atoms with E-state index in [4.69, 9.17) is 12.2 Å². The Kier molecular flexibility index (Phi) is 3.24. The van der Waals surface area contributed by atoms with E-state index < -0.39 is 5.54 Å². The van der Waals surface area contributed by atoms with E-state index in [1.165, 1.54) is 5.56 Å². The van der Waals surface area contributed by atoms with Crippen LogP contribution in [0.1, 0.15) is 18.4 Å². The summed E-state index contributed by atoms with van der Waals surface area (Å²) in [5, 5.41) is 6.34. The molecule has 2 heterocycles. The third-order valence-electron chi connectivity index (χ3n) is 3.83. The number of carbonyl (C=O) groups excluding carboxylic acids is 1. The maximum absolute atomic E-state index is 12.1. The Bertz CT molecular complexity index is 505. The topological polar surface area (TPSA) is 44.4 Å². The highest BCUT2D eigenvalue weighted by Gasteiger charge is 2.47. The second-order valence-corrected chi connectivity index (χ2v) is 5.70. The van der Waals surface area contributed by atoms with E-state index in [0.717, 1.165) is 25.9 Å². The van der Waals surface area contributed by atoms with Crippen molar-refractivity contribution in [3.05, 3.63) is 35.9 Å². The zero-order valence-corrected chi connectivity index (χ0v) is 11.5. The number of benzene rings is 1. The lowest BCUT2D eigenvalue weighted by Crippen LogP contribution is -2.58. The van der Waals surface area contributed by atoms with Gasteiger partial charge in [0.1, 0.15) is 5.54 Å². The molecule has 1 aromatic rings. The van der Waals surface area contributed by atoms with Gasteiger partial charge in [0, 0.05) is 13.1 Å². The van der Waals surface area contributed by atoms with Crippen LogP contribution in [0.5, 0.6) is 0 Å². The van der Waals surface area contributed by atoms with Gasteiger partial charge in [-0.25, -0.2) is 0 Å². The molecule has 0 saturated carbocycles. The summed E-state index contributed by atoms with van der Waals surface area (Å²) < 4.78 is 0. The molecule has 0 aromatic heterocycles. The van der Waals surface area contributed by atoms with Gasteiger partial charge in [0.2, 0.25) is 0 Å². The van der Waals surface area contributed by atoms with Gasteiger partial charge in [0.15, 0.2) is 5.11 Å². The summed E-state index contributed by atoms with van der Waals surface area (Å²) in [5.74, 6) is 0.0234. The molecular formula is C14H17N3OS. The molecule has 2 aliphatic rings. The summed E-state index contributed by atoms with van der Waals surface area (Å²) in [6, 6.07) is 10.4. The van der Waals surface area contributed by atoms with E-state index >= 15 is 0 Å². The second-order valence-electron chi connectivity index (χ2n) is 5.29. The number of nitrogens with zero attached hydrogens (tertiary/aromatic N) is 1. The Balaban J connectivity index is 1.72. The van der Waals surface area contributed by atoms with Gasteiger partial charge in [0.25, 0.3) is 5.91 Å². The molecule has 1 unspecified atom stereocenters. The number of likely N-dealkylation sites (tertiary alicyclic amines) is 1. The third kappa shape index (κ3) is 2.48. The molecular weight excluding hydrogens is 258 g/mol. The predicted octanol–water partition coefficient (Wildman–Crippen LogP) is 1.03. The zero-order valence-electron chi connectivity index (χ0n) is 10.7. The molecule has 1 amide bonds. The molecule has 1 spiro atoms. The fourth-order valence-electron chi connectivity index (χ4n) is 2.94.